The molecule has 27 heavy (non-hydrogen) atoms. The van der Waals surface area contributed by atoms with Gasteiger partial charge in [0, 0.05) is 23.0 Å². The maximum absolute atomic E-state index is 12.4. The van der Waals surface area contributed by atoms with Gasteiger partial charge < -0.3 is 15.0 Å². The third-order valence-electron chi connectivity index (χ3n) is 4.24. The second-order valence-corrected chi connectivity index (χ2v) is 6.26. The second-order valence-electron chi connectivity index (χ2n) is 6.26. The van der Waals surface area contributed by atoms with Gasteiger partial charge in [0.05, 0.1) is 13.7 Å². The minimum atomic E-state index is -0.221. The quantitative estimate of drug-likeness (QED) is 0.571. The summed E-state index contributed by atoms with van der Waals surface area (Å²) >= 11 is 0. The first-order chi connectivity index (χ1) is 13.1. The van der Waals surface area contributed by atoms with E-state index in [0.29, 0.717) is 18.1 Å². The number of ether oxygens (including phenoxy) is 1. The lowest BCUT2D eigenvalue weighted by molar-refractivity contribution is 0.415. The molecule has 0 aliphatic carbocycles. The SMILES string of the molecule is COc1ccc(NCc2cc(=O)n3nc(-c4cccc(C)c4)nc3[nH]2)cc1. The van der Waals surface area contributed by atoms with Crippen molar-refractivity contribution in [3.05, 3.63) is 76.2 Å². The van der Waals surface area contributed by atoms with Crippen molar-refractivity contribution in [1.82, 2.24) is 19.6 Å². The molecule has 2 N–H and O–H groups in total. The van der Waals surface area contributed by atoms with Crippen molar-refractivity contribution in [1.29, 1.82) is 0 Å². The van der Waals surface area contributed by atoms with Crippen LogP contribution in [0.15, 0.2) is 59.4 Å². The summed E-state index contributed by atoms with van der Waals surface area (Å²) < 4.78 is 6.44. The summed E-state index contributed by atoms with van der Waals surface area (Å²) in [6.07, 6.45) is 0. The van der Waals surface area contributed by atoms with Crippen molar-refractivity contribution in [2.24, 2.45) is 0 Å². The van der Waals surface area contributed by atoms with Crippen molar-refractivity contribution in [3.8, 4) is 17.1 Å². The number of fused-ring (bicyclic) bond motifs is 1. The van der Waals surface area contributed by atoms with Gasteiger partial charge in [0.1, 0.15) is 5.75 Å². The van der Waals surface area contributed by atoms with E-state index in [9.17, 15) is 4.79 Å². The molecule has 136 valence electrons. The Morgan fingerprint density at radius 3 is 2.70 bits per heavy atom. The first kappa shape index (κ1) is 16.8. The summed E-state index contributed by atoms with van der Waals surface area (Å²) in [7, 11) is 1.63. The molecule has 7 nitrogen and oxygen atoms in total. The van der Waals surface area contributed by atoms with Crippen LogP contribution >= 0.6 is 0 Å². The molecule has 0 saturated carbocycles. The van der Waals surface area contributed by atoms with Gasteiger partial charge in [0.15, 0.2) is 5.82 Å². The number of methoxy groups -OCH3 is 1. The molecule has 2 aromatic carbocycles. The number of hydrogen-bond donors (Lipinski definition) is 2. The number of aromatic amines is 1. The van der Waals surface area contributed by atoms with Gasteiger partial charge in [-0.15, -0.1) is 5.10 Å². The third-order valence-corrected chi connectivity index (χ3v) is 4.24. The second kappa shape index (κ2) is 6.95. The van der Waals surface area contributed by atoms with Crippen LogP contribution in [0.4, 0.5) is 5.69 Å². The van der Waals surface area contributed by atoms with Gasteiger partial charge in [-0.25, -0.2) is 0 Å². The maximum Gasteiger partial charge on any atom is 0.275 e. The Bertz CT molecular complexity index is 1150. The molecule has 4 aromatic rings. The summed E-state index contributed by atoms with van der Waals surface area (Å²) in [4.78, 5) is 20.0. The monoisotopic (exact) mass is 361 g/mol. The number of anilines is 1. The Morgan fingerprint density at radius 1 is 1.15 bits per heavy atom. The van der Waals surface area contributed by atoms with E-state index >= 15 is 0 Å². The van der Waals surface area contributed by atoms with Gasteiger partial charge in [0.2, 0.25) is 5.78 Å². The van der Waals surface area contributed by atoms with Crippen molar-refractivity contribution >= 4 is 11.5 Å². The standard InChI is InChI=1S/C20H19N5O2/c1-13-4-3-5-14(10-13)19-23-20-22-16(11-18(26)25(20)24-19)12-21-15-6-8-17(27-2)9-7-15/h3-11,21H,12H2,1-2H3,(H,22,23,24). The minimum Gasteiger partial charge on any atom is -0.497 e. The highest BCUT2D eigenvalue weighted by molar-refractivity contribution is 5.57. The molecule has 0 fully saturated rings. The molecule has 0 amide bonds. The molecular formula is C20H19N5O2. The van der Waals surface area contributed by atoms with E-state index in [1.54, 1.807) is 7.11 Å². The van der Waals surface area contributed by atoms with Crippen molar-refractivity contribution in [2.75, 3.05) is 12.4 Å². The molecule has 2 aromatic heterocycles. The summed E-state index contributed by atoms with van der Waals surface area (Å²) in [5.41, 5.74) is 3.43. The first-order valence-corrected chi connectivity index (χ1v) is 8.56. The number of nitrogens with zero attached hydrogens (tertiary/aromatic N) is 3. The molecule has 0 unspecified atom stereocenters. The van der Waals surface area contributed by atoms with Crippen LogP contribution in [0.1, 0.15) is 11.3 Å². The molecule has 4 rings (SSSR count). The fourth-order valence-corrected chi connectivity index (χ4v) is 2.84. The van der Waals surface area contributed by atoms with Crippen LogP contribution in [0.5, 0.6) is 5.75 Å². The van der Waals surface area contributed by atoms with Gasteiger partial charge in [-0.1, -0.05) is 23.8 Å². The molecule has 0 saturated heterocycles. The number of aryl methyl sites for hydroxylation is 1. The Hall–Kier alpha value is -3.61. The van der Waals surface area contributed by atoms with Gasteiger partial charge in [-0.3, -0.25) is 4.79 Å². The number of H-pyrrole nitrogens is 1. The summed E-state index contributed by atoms with van der Waals surface area (Å²) in [6.45, 7) is 2.47. The zero-order valence-electron chi connectivity index (χ0n) is 15.1. The lowest BCUT2D eigenvalue weighted by Gasteiger charge is -2.07. The number of rotatable bonds is 5. The average Bonchev–Trinajstić information content (AvgIpc) is 3.12. The number of nitrogens with one attached hydrogen (secondary N) is 2. The van der Waals surface area contributed by atoms with Crippen LogP contribution in [-0.2, 0) is 6.54 Å². The summed E-state index contributed by atoms with van der Waals surface area (Å²) in [6, 6.07) is 17.0. The normalized spacial score (nSPS) is 10.9. The van der Waals surface area contributed by atoms with Crippen LogP contribution in [0.2, 0.25) is 0 Å². The topological polar surface area (TPSA) is 84.3 Å². The Kier molecular flexibility index (Phi) is 4.33. The van der Waals surface area contributed by atoms with Crippen LogP contribution < -0.4 is 15.6 Å². The Balaban J connectivity index is 1.60. The zero-order chi connectivity index (χ0) is 18.8. The van der Waals surface area contributed by atoms with E-state index in [1.165, 1.54) is 10.6 Å². The van der Waals surface area contributed by atoms with Crippen LogP contribution in [-0.4, -0.2) is 26.7 Å². The summed E-state index contributed by atoms with van der Waals surface area (Å²) in [5.74, 6) is 1.74. The van der Waals surface area contributed by atoms with Gasteiger partial charge in [-0.2, -0.15) is 9.50 Å². The number of aromatic nitrogens is 4. The van der Waals surface area contributed by atoms with E-state index < -0.39 is 0 Å². The number of hydrogen-bond acceptors (Lipinski definition) is 5. The lowest BCUT2D eigenvalue weighted by Crippen LogP contribution is -2.17. The van der Waals surface area contributed by atoms with E-state index in [-0.39, 0.29) is 5.56 Å². The molecule has 0 radical (unpaired) electrons. The highest BCUT2D eigenvalue weighted by atomic mass is 16.5. The first-order valence-electron chi connectivity index (χ1n) is 8.56. The number of benzene rings is 2. The molecule has 2 heterocycles. The smallest absolute Gasteiger partial charge is 0.275 e. The molecule has 7 heteroatoms. The Labute approximate surface area is 155 Å². The molecular weight excluding hydrogens is 342 g/mol. The van der Waals surface area contributed by atoms with E-state index in [4.69, 9.17) is 4.74 Å². The van der Waals surface area contributed by atoms with Crippen LogP contribution in [0.3, 0.4) is 0 Å². The van der Waals surface area contributed by atoms with Gasteiger partial charge in [0.25, 0.3) is 5.56 Å². The fourth-order valence-electron chi connectivity index (χ4n) is 2.84. The van der Waals surface area contributed by atoms with Crippen LogP contribution in [0.25, 0.3) is 17.2 Å². The summed E-state index contributed by atoms with van der Waals surface area (Å²) in [5, 5.41) is 7.60. The highest BCUT2D eigenvalue weighted by Gasteiger charge is 2.10. The molecule has 0 bridgehead atoms. The van der Waals surface area contributed by atoms with E-state index in [1.807, 2.05) is 55.5 Å². The van der Waals surface area contributed by atoms with E-state index in [0.717, 1.165) is 28.3 Å². The lowest BCUT2D eigenvalue weighted by atomic mass is 10.1. The van der Waals surface area contributed by atoms with Gasteiger partial charge >= 0.3 is 0 Å². The predicted molar refractivity (Wildman–Crippen MR) is 104 cm³/mol. The molecule has 0 atom stereocenters. The maximum atomic E-state index is 12.4. The van der Waals surface area contributed by atoms with Gasteiger partial charge in [-0.05, 0) is 37.3 Å². The van der Waals surface area contributed by atoms with Crippen molar-refractivity contribution in [2.45, 2.75) is 13.5 Å². The Morgan fingerprint density at radius 2 is 1.96 bits per heavy atom. The van der Waals surface area contributed by atoms with Crippen molar-refractivity contribution in [3.63, 3.8) is 0 Å². The zero-order valence-corrected chi connectivity index (χ0v) is 15.1. The van der Waals surface area contributed by atoms with Crippen molar-refractivity contribution < 1.29 is 4.74 Å². The predicted octanol–water partition coefficient (Wildman–Crippen LogP) is 3.01. The minimum absolute atomic E-state index is 0.221. The molecule has 0 aliphatic heterocycles. The molecule has 0 spiro atoms. The highest BCUT2D eigenvalue weighted by Crippen LogP contribution is 2.17. The fraction of sp³-hybridized carbons (Fsp3) is 0.150. The average molecular weight is 361 g/mol. The van der Waals surface area contributed by atoms with E-state index in [2.05, 4.69) is 20.4 Å². The van der Waals surface area contributed by atoms with Crippen LogP contribution in [0, 0.1) is 6.92 Å². The third kappa shape index (κ3) is 3.52. The molecule has 0 aliphatic rings. The largest absolute Gasteiger partial charge is 0.497 e.